The summed E-state index contributed by atoms with van der Waals surface area (Å²) in [7, 11) is 0. The molecule has 0 N–H and O–H groups in total. The summed E-state index contributed by atoms with van der Waals surface area (Å²) >= 11 is 0. The second kappa shape index (κ2) is 9.86. The van der Waals surface area contributed by atoms with Crippen molar-refractivity contribution in [2.45, 2.75) is 0 Å². The van der Waals surface area contributed by atoms with Crippen LogP contribution in [0.25, 0.3) is 77.2 Å². The first-order chi connectivity index (χ1) is 21.8. The normalized spacial score (nSPS) is 11.6. The van der Waals surface area contributed by atoms with E-state index in [1.165, 1.54) is 65.9 Å². The van der Waals surface area contributed by atoms with Gasteiger partial charge in [0.1, 0.15) is 0 Å². The number of aromatic nitrogens is 2. The molecule has 44 heavy (non-hydrogen) atoms. The fourth-order valence-corrected chi connectivity index (χ4v) is 6.99. The van der Waals surface area contributed by atoms with E-state index in [-0.39, 0.29) is 0 Å². The van der Waals surface area contributed by atoms with E-state index in [4.69, 9.17) is 0 Å². The maximum atomic E-state index is 2.43. The van der Waals surface area contributed by atoms with Gasteiger partial charge in [0, 0.05) is 32.9 Å². The van der Waals surface area contributed by atoms with Gasteiger partial charge in [-0.15, -0.1) is 0 Å². The molecule has 2 heteroatoms. The minimum atomic E-state index is 1.16. The fraction of sp³-hybridized carbons (Fsp3) is 0. The van der Waals surface area contributed by atoms with Gasteiger partial charge in [0.2, 0.25) is 0 Å². The second-order valence-electron chi connectivity index (χ2n) is 11.4. The average Bonchev–Trinajstić information content (AvgIpc) is 3.62. The molecule has 2 heterocycles. The van der Waals surface area contributed by atoms with E-state index >= 15 is 0 Å². The summed E-state index contributed by atoms with van der Waals surface area (Å²) in [4.78, 5) is 0. The Morgan fingerprint density at radius 3 is 1.64 bits per heavy atom. The zero-order valence-corrected chi connectivity index (χ0v) is 24.1. The topological polar surface area (TPSA) is 9.86 Å². The smallest absolute Gasteiger partial charge is 0.0547 e. The lowest BCUT2D eigenvalue weighted by molar-refractivity contribution is 1.17. The number of rotatable bonds is 4. The first kappa shape index (κ1) is 24.7. The molecule has 0 aliphatic heterocycles. The van der Waals surface area contributed by atoms with Crippen molar-refractivity contribution in [3.8, 4) is 33.6 Å². The van der Waals surface area contributed by atoms with Crippen LogP contribution in [0.5, 0.6) is 0 Å². The quantitative estimate of drug-likeness (QED) is 0.203. The number of nitrogens with zero attached hydrogens (tertiary/aromatic N) is 2. The minimum Gasteiger partial charge on any atom is -0.309 e. The molecule has 0 bridgehead atoms. The Kier molecular flexibility index (Phi) is 5.54. The van der Waals surface area contributed by atoms with Crippen LogP contribution in [0.4, 0.5) is 0 Å². The summed E-state index contributed by atoms with van der Waals surface area (Å²) in [6.45, 7) is 0. The number of hydrogen-bond donors (Lipinski definition) is 0. The van der Waals surface area contributed by atoms with E-state index in [0.29, 0.717) is 0 Å². The van der Waals surface area contributed by atoms with Gasteiger partial charge in [0.25, 0.3) is 0 Å². The number of hydrogen-bond acceptors (Lipinski definition) is 0. The molecule has 0 saturated heterocycles. The van der Waals surface area contributed by atoms with E-state index in [9.17, 15) is 0 Å². The van der Waals surface area contributed by atoms with Crippen molar-refractivity contribution >= 4 is 43.6 Å². The van der Waals surface area contributed by atoms with Gasteiger partial charge in [0.05, 0.1) is 22.1 Å². The molecule has 0 aliphatic carbocycles. The van der Waals surface area contributed by atoms with Crippen molar-refractivity contribution in [1.29, 1.82) is 0 Å². The van der Waals surface area contributed by atoms with Crippen molar-refractivity contribution < 1.29 is 0 Å². The molecule has 9 aromatic rings. The van der Waals surface area contributed by atoms with E-state index in [0.717, 1.165) is 11.4 Å². The predicted molar refractivity (Wildman–Crippen MR) is 186 cm³/mol. The molecule has 2 nitrogen and oxygen atoms in total. The van der Waals surface area contributed by atoms with Gasteiger partial charge in [-0.3, -0.25) is 0 Å². The summed E-state index contributed by atoms with van der Waals surface area (Å²) in [6, 6.07) is 61.4. The third-order valence-electron chi connectivity index (χ3n) is 8.91. The SMILES string of the molecule is c1ccc(-c2cccc(-n3c4ccccc4c4cc(-n5c6ccccc6c6c(-c7ccccc7)cccc65)ccc43)c2)cc1. The lowest BCUT2D eigenvalue weighted by Crippen LogP contribution is -1.96. The molecule has 0 aliphatic rings. The van der Waals surface area contributed by atoms with Crippen LogP contribution < -0.4 is 0 Å². The second-order valence-corrected chi connectivity index (χ2v) is 11.4. The van der Waals surface area contributed by atoms with Gasteiger partial charge in [-0.1, -0.05) is 121 Å². The molecule has 9 rings (SSSR count). The first-order valence-corrected chi connectivity index (χ1v) is 15.1. The van der Waals surface area contributed by atoms with Gasteiger partial charge < -0.3 is 9.13 Å². The Morgan fingerprint density at radius 1 is 0.295 bits per heavy atom. The average molecular weight is 561 g/mol. The Bertz CT molecular complexity index is 2480. The maximum absolute atomic E-state index is 2.43. The molecule has 7 aromatic carbocycles. The van der Waals surface area contributed by atoms with Crippen molar-refractivity contribution in [1.82, 2.24) is 9.13 Å². The van der Waals surface area contributed by atoms with E-state index < -0.39 is 0 Å². The van der Waals surface area contributed by atoms with Crippen LogP contribution in [-0.2, 0) is 0 Å². The van der Waals surface area contributed by atoms with Crippen LogP contribution in [0, 0.1) is 0 Å². The molecule has 0 amide bonds. The Balaban J connectivity index is 1.30. The lowest BCUT2D eigenvalue weighted by atomic mass is 9.99. The highest BCUT2D eigenvalue weighted by molar-refractivity contribution is 6.16. The molecule has 0 radical (unpaired) electrons. The molecular weight excluding hydrogens is 532 g/mol. The molecule has 0 fully saturated rings. The monoisotopic (exact) mass is 560 g/mol. The Morgan fingerprint density at radius 2 is 0.841 bits per heavy atom. The van der Waals surface area contributed by atoms with Crippen molar-refractivity contribution in [3.63, 3.8) is 0 Å². The van der Waals surface area contributed by atoms with Crippen LogP contribution >= 0.6 is 0 Å². The summed E-state index contributed by atoms with van der Waals surface area (Å²) in [5.74, 6) is 0. The van der Waals surface area contributed by atoms with Crippen molar-refractivity contribution in [2.75, 3.05) is 0 Å². The van der Waals surface area contributed by atoms with E-state index in [2.05, 4.69) is 179 Å². The maximum Gasteiger partial charge on any atom is 0.0547 e. The van der Waals surface area contributed by atoms with E-state index in [1.807, 2.05) is 0 Å². The largest absolute Gasteiger partial charge is 0.309 e. The number of fused-ring (bicyclic) bond motifs is 6. The zero-order chi connectivity index (χ0) is 29.0. The summed E-state index contributed by atoms with van der Waals surface area (Å²) in [6.07, 6.45) is 0. The highest BCUT2D eigenvalue weighted by atomic mass is 15.0. The predicted octanol–water partition coefficient (Wildman–Crippen LogP) is 11.2. The lowest BCUT2D eigenvalue weighted by Gasteiger charge is -2.12. The molecule has 2 aromatic heterocycles. The minimum absolute atomic E-state index is 1.16. The van der Waals surface area contributed by atoms with Crippen LogP contribution in [-0.4, -0.2) is 9.13 Å². The van der Waals surface area contributed by atoms with Crippen molar-refractivity contribution in [2.24, 2.45) is 0 Å². The number of benzene rings is 7. The highest BCUT2D eigenvalue weighted by Crippen LogP contribution is 2.40. The van der Waals surface area contributed by atoms with Crippen LogP contribution in [0.15, 0.2) is 170 Å². The molecule has 0 unspecified atom stereocenters. The van der Waals surface area contributed by atoms with Gasteiger partial charge in [0.15, 0.2) is 0 Å². The Hall–Kier alpha value is -5.86. The van der Waals surface area contributed by atoms with Crippen LogP contribution in [0.1, 0.15) is 0 Å². The first-order valence-electron chi connectivity index (χ1n) is 15.1. The molecule has 0 saturated carbocycles. The van der Waals surface area contributed by atoms with Gasteiger partial charge in [-0.25, -0.2) is 0 Å². The third-order valence-corrected chi connectivity index (χ3v) is 8.91. The summed E-state index contributed by atoms with van der Waals surface area (Å²) in [5, 5.41) is 5.05. The highest BCUT2D eigenvalue weighted by Gasteiger charge is 2.18. The van der Waals surface area contributed by atoms with Crippen LogP contribution in [0.3, 0.4) is 0 Å². The number of para-hydroxylation sites is 2. The summed E-state index contributed by atoms with van der Waals surface area (Å²) in [5.41, 5.74) is 12.1. The third kappa shape index (κ3) is 3.75. The zero-order valence-electron chi connectivity index (χ0n) is 24.1. The molecule has 206 valence electrons. The van der Waals surface area contributed by atoms with Crippen molar-refractivity contribution in [3.05, 3.63) is 170 Å². The standard InChI is InChI=1S/C42H28N2/c1-3-13-29(14-4-1)31-17-11-18-32(27-31)43-38-22-9-7-19-35(38)37-28-33(25-26-40(37)43)44-39-23-10-8-20-36(39)42-34(21-12-24-41(42)44)30-15-5-2-6-16-30/h1-28H. The van der Waals surface area contributed by atoms with Gasteiger partial charge >= 0.3 is 0 Å². The molecule has 0 spiro atoms. The van der Waals surface area contributed by atoms with E-state index in [1.54, 1.807) is 0 Å². The Labute approximate surface area is 255 Å². The van der Waals surface area contributed by atoms with Gasteiger partial charge in [-0.2, -0.15) is 0 Å². The molecule has 0 atom stereocenters. The van der Waals surface area contributed by atoms with Crippen LogP contribution in [0.2, 0.25) is 0 Å². The molecular formula is C42H28N2. The summed E-state index contributed by atoms with van der Waals surface area (Å²) < 4.78 is 4.83. The fourth-order valence-electron chi connectivity index (χ4n) is 6.99. The van der Waals surface area contributed by atoms with Gasteiger partial charge in [-0.05, 0) is 70.8 Å².